The molecule has 0 aromatic heterocycles. The van der Waals surface area contributed by atoms with Crippen LogP contribution in [-0.2, 0) is 28.6 Å². The van der Waals surface area contributed by atoms with E-state index in [4.69, 9.17) is 23.9 Å². The number of phenolic OH excluding ortho intramolecular Hbond substituents is 2. The van der Waals surface area contributed by atoms with Crippen LogP contribution in [0.3, 0.4) is 0 Å². The Morgan fingerprint density at radius 3 is 2.35 bits per heavy atom. The monoisotopic (exact) mass is 958 g/mol. The first-order valence-corrected chi connectivity index (χ1v) is 24.7. The molecule has 16 nitrogen and oxygen atoms in total. The zero-order chi connectivity index (χ0) is 50.7. The third-order valence-corrected chi connectivity index (χ3v) is 14.3. The summed E-state index contributed by atoms with van der Waals surface area (Å²) in [6.07, 6.45) is 9.02. The molecule has 0 unspecified atom stereocenters. The van der Waals surface area contributed by atoms with Gasteiger partial charge in [-0.2, -0.15) is 0 Å². The van der Waals surface area contributed by atoms with Gasteiger partial charge in [0.1, 0.15) is 40.4 Å². The quantitative estimate of drug-likeness (QED) is 0.0851. The van der Waals surface area contributed by atoms with Gasteiger partial charge in [0.2, 0.25) is 0 Å². The van der Waals surface area contributed by atoms with E-state index in [0.717, 1.165) is 19.6 Å². The fourth-order valence-corrected chi connectivity index (χ4v) is 10.3. The SMILES string of the molecule is CC[C@H]1/C=C/O[C@@]2(C)Oc3c(C)c(O)c4c(O)c(c5c(c4c3C2=O)NC2(CCN(CC(C)C)CC2)N=5)=NC(=O)/C(C)=C\C=C\[C@H](C)C[C@@H](C)[C@@H](O)[C@@H](C)[C@H](OC(=O)CC(=O)OCCCN(C)C)[C@@H]1C. The Labute approximate surface area is 406 Å². The van der Waals surface area contributed by atoms with Crippen LogP contribution in [-0.4, -0.2) is 119 Å². The number of aliphatic hydroxyl groups excluding tert-OH is 1. The number of phenols is 2. The van der Waals surface area contributed by atoms with Crippen LogP contribution in [0.1, 0.15) is 117 Å². The summed E-state index contributed by atoms with van der Waals surface area (Å²) in [4.78, 5) is 69.0. The number of hydrogen-bond donors (Lipinski definition) is 4. The van der Waals surface area contributed by atoms with Gasteiger partial charge in [-0.1, -0.05) is 66.7 Å². The second kappa shape index (κ2) is 21.8. The summed E-state index contributed by atoms with van der Waals surface area (Å²) < 4.78 is 24.1. The number of ketones is 1. The van der Waals surface area contributed by atoms with Gasteiger partial charge in [-0.3, -0.25) is 24.2 Å². The van der Waals surface area contributed by atoms with Gasteiger partial charge in [0.15, 0.2) is 5.75 Å². The number of amides is 1. The minimum atomic E-state index is -1.93. The maximum atomic E-state index is 14.9. The molecule has 4 heterocycles. The Hall–Kier alpha value is -5.32. The number of nitrogens with one attached hydrogen (secondary N) is 1. The van der Waals surface area contributed by atoms with E-state index >= 15 is 0 Å². The number of aromatic hydroxyl groups is 2. The summed E-state index contributed by atoms with van der Waals surface area (Å²) in [6, 6.07) is 0. The van der Waals surface area contributed by atoms with Gasteiger partial charge < -0.3 is 49.4 Å². The van der Waals surface area contributed by atoms with Crippen molar-refractivity contribution in [1.82, 2.24) is 9.80 Å². The Kier molecular flexibility index (Phi) is 16.7. The summed E-state index contributed by atoms with van der Waals surface area (Å²) >= 11 is 0. The molecule has 0 saturated carbocycles. The fourth-order valence-electron chi connectivity index (χ4n) is 10.3. The molecular weight excluding hydrogens is 883 g/mol. The predicted molar refractivity (Wildman–Crippen MR) is 262 cm³/mol. The lowest BCUT2D eigenvalue weighted by atomic mass is 9.76. The highest BCUT2D eigenvalue weighted by atomic mass is 16.7. The average molecular weight is 958 g/mol. The van der Waals surface area contributed by atoms with E-state index in [9.17, 15) is 34.5 Å². The Morgan fingerprint density at radius 2 is 1.70 bits per heavy atom. The van der Waals surface area contributed by atoms with Crippen molar-refractivity contribution >= 4 is 40.1 Å². The van der Waals surface area contributed by atoms with E-state index in [-0.39, 0.29) is 74.0 Å². The molecule has 1 amide bonds. The Balaban J connectivity index is 1.44. The molecule has 16 heteroatoms. The first-order chi connectivity index (χ1) is 32.5. The van der Waals surface area contributed by atoms with Gasteiger partial charge in [-0.05, 0) is 82.9 Å². The molecular formula is C53H75N5O11. The van der Waals surface area contributed by atoms with Crippen LogP contribution in [0.4, 0.5) is 5.69 Å². The molecule has 1 saturated heterocycles. The molecule has 1 fully saturated rings. The van der Waals surface area contributed by atoms with Crippen LogP contribution >= 0.6 is 0 Å². The van der Waals surface area contributed by atoms with Crippen molar-refractivity contribution in [1.29, 1.82) is 0 Å². The molecule has 378 valence electrons. The summed E-state index contributed by atoms with van der Waals surface area (Å²) in [5.74, 6) is -6.55. The molecule has 2 aromatic rings. The van der Waals surface area contributed by atoms with E-state index in [0.29, 0.717) is 50.3 Å². The van der Waals surface area contributed by atoms with Crippen molar-refractivity contribution in [3.05, 3.63) is 58.0 Å². The highest BCUT2D eigenvalue weighted by Crippen LogP contribution is 2.51. The number of carbonyl (C=O) groups is 4. The van der Waals surface area contributed by atoms with Crippen molar-refractivity contribution in [3.63, 3.8) is 0 Å². The molecule has 0 radical (unpaired) electrons. The number of benzene rings is 2. The standard InChI is InChI=1S/C53H75N5O11/c1-13-36-18-25-67-52(10)50(64)41-39-40(46(62)35(9)49(41)69-52)47(63)44(43-42(39)55-53(56-43)19-22-58(23-20-53)28-29(2)3)54-51(65)31(5)17-14-16-30(4)26-32(6)45(61)34(8)48(33(36)7)68-38(60)27-37(59)66-24-15-21-57(11)12/h14,16-18,25,29-30,32-34,36,45,48,55,61-63H,13,15,19-24,26-28H2,1-12H3/b16-14+,25-18+,31-17-,54-44?/t30-,32+,33+,34+,36-,45+,48+,52-/m0/s1. The summed E-state index contributed by atoms with van der Waals surface area (Å²) in [5.41, 5.74) is 0.0220. The van der Waals surface area contributed by atoms with Crippen molar-refractivity contribution in [2.45, 2.75) is 131 Å². The number of fused-ring (bicyclic) bond motifs is 1. The number of allylic oxidation sites excluding steroid dienone is 4. The molecule has 4 bridgehead atoms. The number of Topliss-reactive ketones (excluding diaryl/α,β-unsaturated/α-hetero) is 1. The molecule has 4 aliphatic heterocycles. The lowest BCUT2D eigenvalue weighted by molar-refractivity contribution is -0.165. The van der Waals surface area contributed by atoms with Crippen molar-refractivity contribution in [2.24, 2.45) is 45.5 Å². The highest BCUT2D eigenvalue weighted by Gasteiger charge is 2.50. The molecule has 8 atom stereocenters. The molecule has 6 rings (SSSR count). The second-order valence-electron chi connectivity index (χ2n) is 20.8. The number of esters is 2. The normalized spacial score (nSPS) is 29.1. The van der Waals surface area contributed by atoms with Gasteiger partial charge in [-0.25, -0.2) is 4.99 Å². The van der Waals surface area contributed by atoms with Gasteiger partial charge >= 0.3 is 17.7 Å². The number of nitrogens with zero attached hydrogens (tertiary/aromatic N) is 4. The number of carbonyl (C=O) groups excluding carboxylic acids is 4. The topological polar surface area (TPSA) is 209 Å². The van der Waals surface area contributed by atoms with Crippen LogP contribution in [0.2, 0.25) is 0 Å². The zero-order valence-corrected chi connectivity index (χ0v) is 42.7. The molecule has 4 N–H and O–H groups in total. The van der Waals surface area contributed by atoms with E-state index in [1.165, 1.54) is 13.2 Å². The van der Waals surface area contributed by atoms with Gasteiger partial charge in [0, 0.05) is 68.4 Å². The molecule has 1 spiro atoms. The number of likely N-dealkylation sites (tertiary alicyclic amines) is 1. The average Bonchev–Trinajstić information content (AvgIpc) is 3.79. The minimum absolute atomic E-state index is 0.0486. The first kappa shape index (κ1) is 53.0. The Morgan fingerprint density at radius 1 is 1.00 bits per heavy atom. The van der Waals surface area contributed by atoms with Crippen LogP contribution in [0.15, 0.2) is 46.1 Å². The number of ether oxygens (including phenoxy) is 4. The number of hydrogen-bond acceptors (Lipinski definition) is 15. The second-order valence-corrected chi connectivity index (χ2v) is 20.8. The molecule has 0 aliphatic carbocycles. The van der Waals surface area contributed by atoms with Crippen LogP contribution in [0.5, 0.6) is 17.2 Å². The number of piperidine rings is 1. The predicted octanol–water partition coefficient (Wildman–Crippen LogP) is 6.65. The van der Waals surface area contributed by atoms with Crippen LogP contribution < -0.4 is 20.8 Å². The van der Waals surface area contributed by atoms with Gasteiger partial charge in [-0.15, -0.1) is 0 Å². The molecule has 2 aromatic carbocycles. The van der Waals surface area contributed by atoms with Crippen LogP contribution in [0.25, 0.3) is 10.8 Å². The lowest BCUT2D eigenvalue weighted by Crippen LogP contribution is -2.47. The third kappa shape index (κ3) is 11.5. The van der Waals surface area contributed by atoms with E-state index in [2.05, 4.69) is 29.1 Å². The zero-order valence-electron chi connectivity index (χ0n) is 42.7. The fraction of sp³-hybridized carbons (Fsp3) is 0.623. The van der Waals surface area contributed by atoms with Gasteiger partial charge in [0.05, 0.1) is 35.6 Å². The van der Waals surface area contributed by atoms with E-state index in [1.54, 1.807) is 32.1 Å². The van der Waals surface area contributed by atoms with Gasteiger partial charge in [0.25, 0.3) is 11.7 Å². The van der Waals surface area contributed by atoms with E-state index < -0.39 is 71.3 Å². The van der Waals surface area contributed by atoms with E-state index in [1.807, 2.05) is 59.7 Å². The minimum Gasteiger partial charge on any atom is -0.507 e. The summed E-state index contributed by atoms with van der Waals surface area (Å²) in [5, 5.41) is 39.8. The largest absolute Gasteiger partial charge is 0.507 e. The lowest BCUT2D eigenvalue weighted by Gasteiger charge is -2.38. The van der Waals surface area contributed by atoms with Crippen molar-refractivity contribution in [3.8, 4) is 17.2 Å². The molecule has 69 heavy (non-hydrogen) atoms. The highest BCUT2D eigenvalue weighted by molar-refractivity contribution is 6.21. The van der Waals surface area contributed by atoms with Crippen LogP contribution in [0, 0.1) is 42.4 Å². The molecule has 4 aliphatic rings. The number of aliphatic hydroxyl groups is 1. The van der Waals surface area contributed by atoms with Crippen molar-refractivity contribution in [2.75, 3.05) is 52.2 Å². The van der Waals surface area contributed by atoms with Crippen molar-refractivity contribution < 1.29 is 53.4 Å². The smallest absolute Gasteiger partial charge is 0.317 e. The maximum Gasteiger partial charge on any atom is 0.317 e. The number of rotatable bonds is 10. The maximum absolute atomic E-state index is 14.9. The first-order valence-electron chi connectivity index (χ1n) is 24.7. The third-order valence-electron chi connectivity index (χ3n) is 14.3. The summed E-state index contributed by atoms with van der Waals surface area (Å²) in [7, 11) is 3.84. The summed E-state index contributed by atoms with van der Waals surface area (Å²) in [6.45, 7) is 21.9. The number of anilines is 1. The Bertz CT molecular complexity index is 2510.